The topological polar surface area (TPSA) is 64.3 Å². The van der Waals surface area contributed by atoms with Crippen LogP contribution in [0.2, 0.25) is 0 Å². The second kappa shape index (κ2) is 8.43. The Morgan fingerprint density at radius 3 is 2.77 bits per heavy atom. The monoisotopic (exact) mass is 419 g/mol. The Hall–Kier alpha value is -3.57. The molecule has 0 fully saturated rings. The lowest BCUT2D eigenvalue weighted by Crippen LogP contribution is -1.99. The fourth-order valence-corrected chi connectivity index (χ4v) is 3.63. The van der Waals surface area contributed by atoms with Gasteiger partial charge in [-0.15, -0.1) is 0 Å². The number of hydrogen-bond acceptors (Lipinski definition) is 6. The highest BCUT2D eigenvalue weighted by Crippen LogP contribution is 2.32. The summed E-state index contributed by atoms with van der Waals surface area (Å²) in [5.74, 6) is 6.06. The highest BCUT2D eigenvalue weighted by molar-refractivity contribution is 8.00. The summed E-state index contributed by atoms with van der Waals surface area (Å²) in [4.78, 5) is 9.62. The minimum absolute atomic E-state index is 0.258. The van der Waals surface area contributed by atoms with E-state index < -0.39 is 0 Å². The number of nitrogens with zero attached hydrogens (tertiary/aromatic N) is 4. The second-order valence-corrected chi connectivity index (χ2v) is 7.25. The Balaban J connectivity index is 1.67. The van der Waals surface area contributed by atoms with E-state index in [1.165, 1.54) is 24.1 Å². The molecule has 0 saturated carbocycles. The molecule has 0 spiro atoms. The lowest BCUT2D eigenvalue weighted by molar-refractivity contribution is 0.400. The Morgan fingerprint density at radius 2 is 2.00 bits per heavy atom. The Morgan fingerprint density at radius 1 is 1.13 bits per heavy atom. The number of imidazole rings is 1. The number of fused-ring (bicyclic) bond motifs is 1. The lowest BCUT2D eigenvalue weighted by Gasteiger charge is -2.12. The van der Waals surface area contributed by atoms with Crippen molar-refractivity contribution >= 4 is 23.3 Å². The summed E-state index contributed by atoms with van der Waals surface area (Å²) < 4.78 is 23.7. The molecule has 0 aliphatic heterocycles. The van der Waals surface area contributed by atoms with Gasteiger partial charge in [0.2, 0.25) is 5.88 Å². The van der Waals surface area contributed by atoms with E-state index in [2.05, 4.69) is 31.6 Å². The zero-order valence-electron chi connectivity index (χ0n) is 16.6. The fourth-order valence-electron chi connectivity index (χ4n) is 2.91. The van der Waals surface area contributed by atoms with Crippen LogP contribution in [-0.4, -0.2) is 26.7 Å². The van der Waals surface area contributed by atoms with E-state index in [0.717, 1.165) is 33.1 Å². The molecule has 0 radical (unpaired) electrons. The van der Waals surface area contributed by atoms with Gasteiger partial charge in [-0.25, -0.2) is 18.9 Å². The van der Waals surface area contributed by atoms with Crippen LogP contribution >= 0.6 is 11.9 Å². The molecule has 0 bridgehead atoms. The normalized spacial score (nSPS) is 10.5. The number of rotatable bonds is 5. The van der Waals surface area contributed by atoms with Gasteiger partial charge >= 0.3 is 0 Å². The molecule has 0 aliphatic rings. The number of nitrogens with one attached hydrogen (secondary N) is 1. The number of ether oxygens (including phenoxy) is 1. The first-order valence-corrected chi connectivity index (χ1v) is 9.91. The van der Waals surface area contributed by atoms with Gasteiger partial charge in [-0.1, -0.05) is 5.92 Å². The third kappa shape index (κ3) is 3.93. The summed E-state index contributed by atoms with van der Waals surface area (Å²) in [6.07, 6.45) is 3.40. The van der Waals surface area contributed by atoms with Crippen molar-refractivity contribution in [3.63, 3.8) is 0 Å². The fraction of sp³-hybridized carbons (Fsp3) is 0.136. The largest absolute Gasteiger partial charge is 0.480 e. The molecule has 0 saturated heterocycles. The first kappa shape index (κ1) is 19.7. The van der Waals surface area contributed by atoms with Gasteiger partial charge in [0.15, 0.2) is 5.65 Å². The summed E-state index contributed by atoms with van der Waals surface area (Å²) in [7, 11) is 1.56. The zero-order valence-corrected chi connectivity index (χ0v) is 17.4. The molecule has 4 rings (SSSR count). The van der Waals surface area contributed by atoms with Crippen LogP contribution in [0.5, 0.6) is 5.88 Å². The van der Waals surface area contributed by atoms with Gasteiger partial charge in [-0.05, 0) is 73.7 Å². The van der Waals surface area contributed by atoms with Crippen molar-refractivity contribution in [2.75, 3.05) is 11.8 Å². The van der Waals surface area contributed by atoms with Crippen molar-refractivity contribution in [3.05, 3.63) is 65.9 Å². The number of pyridine rings is 1. The van der Waals surface area contributed by atoms with E-state index >= 15 is 0 Å². The van der Waals surface area contributed by atoms with Crippen LogP contribution < -0.4 is 9.46 Å². The van der Waals surface area contributed by atoms with Gasteiger partial charge in [-0.3, -0.25) is 0 Å². The highest BCUT2D eigenvalue weighted by atomic mass is 32.2. The van der Waals surface area contributed by atoms with Crippen molar-refractivity contribution in [3.8, 4) is 29.0 Å². The van der Waals surface area contributed by atoms with Crippen LogP contribution in [-0.2, 0) is 0 Å². The summed E-state index contributed by atoms with van der Waals surface area (Å²) in [6, 6.07) is 10.3. The number of aryl methyl sites for hydroxylation is 1. The molecular weight excluding hydrogens is 401 g/mol. The van der Waals surface area contributed by atoms with Gasteiger partial charge < -0.3 is 9.46 Å². The molecule has 6 nitrogen and oxygen atoms in total. The molecular formula is C22H18FN5OS. The molecule has 0 unspecified atom stereocenters. The Bertz CT molecular complexity index is 1290. The molecule has 150 valence electrons. The Kier molecular flexibility index (Phi) is 5.55. The quantitative estimate of drug-likeness (QED) is 0.372. The third-order valence-electron chi connectivity index (χ3n) is 4.36. The summed E-state index contributed by atoms with van der Waals surface area (Å²) >= 11 is 1.36. The maximum absolute atomic E-state index is 13.4. The van der Waals surface area contributed by atoms with Crippen LogP contribution in [0.3, 0.4) is 0 Å². The maximum Gasteiger partial charge on any atom is 0.237 e. The van der Waals surface area contributed by atoms with E-state index in [9.17, 15) is 4.39 Å². The number of halogens is 1. The van der Waals surface area contributed by atoms with Gasteiger partial charge in [0.1, 0.15) is 17.2 Å². The molecule has 3 aromatic heterocycles. The summed E-state index contributed by atoms with van der Waals surface area (Å²) in [5.41, 5.74) is 4.49. The van der Waals surface area contributed by atoms with Gasteiger partial charge in [0, 0.05) is 16.7 Å². The molecule has 0 amide bonds. The minimum atomic E-state index is -0.258. The third-order valence-corrected chi connectivity index (χ3v) is 5.36. The first-order valence-electron chi connectivity index (χ1n) is 9.10. The predicted octanol–water partition coefficient (Wildman–Crippen LogP) is 4.74. The molecule has 1 N–H and O–H groups in total. The van der Waals surface area contributed by atoms with Gasteiger partial charge in [0.05, 0.1) is 19.0 Å². The SMILES string of the molecule is CC#Cc1cnc2ccc(-c3cnc(OC)c(NSc4ccc(F)cc4C)c3)nn12. The number of benzene rings is 1. The number of anilines is 1. The van der Waals surface area contributed by atoms with Crippen LogP contribution in [0.1, 0.15) is 18.2 Å². The van der Waals surface area contributed by atoms with Crippen LogP contribution in [0.4, 0.5) is 10.1 Å². The van der Waals surface area contributed by atoms with Crippen LogP contribution in [0.15, 0.2) is 53.7 Å². The van der Waals surface area contributed by atoms with Crippen molar-refractivity contribution in [2.45, 2.75) is 18.7 Å². The van der Waals surface area contributed by atoms with Crippen LogP contribution in [0.25, 0.3) is 16.9 Å². The molecule has 0 aliphatic carbocycles. The van der Waals surface area contributed by atoms with Crippen molar-refractivity contribution in [1.82, 2.24) is 19.6 Å². The summed E-state index contributed by atoms with van der Waals surface area (Å²) in [6.45, 7) is 3.63. The molecule has 4 aromatic rings. The van der Waals surface area contributed by atoms with E-state index in [1.54, 1.807) is 37.0 Å². The minimum Gasteiger partial charge on any atom is -0.480 e. The molecule has 30 heavy (non-hydrogen) atoms. The van der Waals surface area contributed by atoms with E-state index in [4.69, 9.17) is 4.74 Å². The van der Waals surface area contributed by atoms with E-state index in [-0.39, 0.29) is 5.82 Å². The van der Waals surface area contributed by atoms with E-state index in [0.29, 0.717) is 11.6 Å². The van der Waals surface area contributed by atoms with Crippen molar-refractivity contribution in [1.29, 1.82) is 0 Å². The predicted molar refractivity (Wildman–Crippen MR) is 116 cm³/mol. The first-order chi connectivity index (χ1) is 14.6. The van der Waals surface area contributed by atoms with Gasteiger partial charge in [-0.2, -0.15) is 5.10 Å². The number of methoxy groups -OCH3 is 1. The summed E-state index contributed by atoms with van der Waals surface area (Å²) in [5, 5.41) is 4.66. The second-order valence-electron chi connectivity index (χ2n) is 6.40. The average molecular weight is 419 g/mol. The highest BCUT2D eigenvalue weighted by Gasteiger charge is 2.12. The standard InChI is InChI=1S/C22H18FN5OS/c1-4-5-17-13-24-21-9-7-18(26-28(17)21)15-11-19(22(29-3)25-12-15)27-30-20-8-6-16(23)10-14(20)2/h6-13,27H,1-3H3. The zero-order chi connectivity index (χ0) is 21.1. The number of hydrogen-bond donors (Lipinski definition) is 1. The van der Waals surface area contributed by atoms with Crippen LogP contribution in [0, 0.1) is 24.6 Å². The van der Waals surface area contributed by atoms with Crippen molar-refractivity contribution < 1.29 is 9.13 Å². The smallest absolute Gasteiger partial charge is 0.237 e. The van der Waals surface area contributed by atoms with E-state index in [1.807, 2.05) is 25.1 Å². The maximum atomic E-state index is 13.4. The molecule has 1 aromatic carbocycles. The number of aromatic nitrogens is 4. The lowest BCUT2D eigenvalue weighted by atomic mass is 10.2. The molecule has 0 atom stereocenters. The Labute approximate surface area is 177 Å². The molecule has 8 heteroatoms. The average Bonchev–Trinajstić information content (AvgIpc) is 3.15. The van der Waals surface area contributed by atoms with Crippen molar-refractivity contribution in [2.24, 2.45) is 0 Å². The van der Waals surface area contributed by atoms with Gasteiger partial charge in [0.25, 0.3) is 0 Å². The molecule has 3 heterocycles.